The number of anilines is 2. The third-order valence-corrected chi connectivity index (χ3v) is 6.28. The maximum absolute atomic E-state index is 13.1. The van der Waals surface area contributed by atoms with Gasteiger partial charge in [-0.3, -0.25) is 9.59 Å². The summed E-state index contributed by atoms with van der Waals surface area (Å²) in [6, 6.07) is 25.2. The average Bonchev–Trinajstić information content (AvgIpc) is 2.86. The second kappa shape index (κ2) is 11.0. The summed E-state index contributed by atoms with van der Waals surface area (Å²) in [4.78, 5) is 30.4. The number of benzene rings is 3. The standard InChI is InChI=1S/C26H19ClFN3O2S/c27-19-8-15-23(29-16-19)31-26(33)24(17-4-2-1-3-5-17)34-22-13-11-21(12-14-22)30-25(32)18-6-9-20(28)10-7-18/h1-16,24H,(H,30,32)(H,29,31,33). The summed E-state index contributed by atoms with van der Waals surface area (Å²) in [5.74, 6) is -0.548. The van der Waals surface area contributed by atoms with Gasteiger partial charge in [0.25, 0.3) is 5.91 Å². The van der Waals surface area contributed by atoms with E-state index in [1.807, 2.05) is 42.5 Å². The van der Waals surface area contributed by atoms with E-state index in [-0.39, 0.29) is 11.8 Å². The Bertz CT molecular complexity index is 1270. The maximum Gasteiger partial charge on any atom is 0.255 e. The number of thioether (sulfide) groups is 1. The summed E-state index contributed by atoms with van der Waals surface area (Å²) in [6.07, 6.45) is 1.47. The van der Waals surface area contributed by atoms with Gasteiger partial charge in [-0.25, -0.2) is 9.37 Å². The van der Waals surface area contributed by atoms with Gasteiger partial charge in [0, 0.05) is 22.3 Å². The van der Waals surface area contributed by atoms with E-state index in [4.69, 9.17) is 11.6 Å². The third-order valence-electron chi connectivity index (χ3n) is 4.79. The van der Waals surface area contributed by atoms with Crippen molar-refractivity contribution in [3.8, 4) is 0 Å². The topological polar surface area (TPSA) is 71.1 Å². The highest BCUT2D eigenvalue weighted by Crippen LogP contribution is 2.36. The zero-order valence-corrected chi connectivity index (χ0v) is 19.3. The van der Waals surface area contributed by atoms with E-state index in [1.54, 1.807) is 24.3 Å². The van der Waals surface area contributed by atoms with Crippen LogP contribution in [0.2, 0.25) is 5.02 Å². The molecule has 34 heavy (non-hydrogen) atoms. The van der Waals surface area contributed by atoms with Gasteiger partial charge in [0.15, 0.2) is 0 Å². The summed E-state index contributed by atoms with van der Waals surface area (Å²) >= 11 is 7.26. The number of carbonyl (C=O) groups excluding carboxylic acids is 2. The number of carbonyl (C=O) groups is 2. The highest BCUT2D eigenvalue weighted by atomic mass is 35.5. The minimum absolute atomic E-state index is 0.222. The number of hydrogen-bond acceptors (Lipinski definition) is 4. The van der Waals surface area contributed by atoms with Crippen LogP contribution in [-0.2, 0) is 4.79 Å². The van der Waals surface area contributed by atoms with Crippen molar-refractivity contribution in [2.24, 2.45) is 0 Å². The van der Waals surface area contributed by atoms with Gasteiger partial charge in [-0.2, -0.15) is 0 Å². The molecule has 0 aliphatic carbocycles. The quantitative estimate of drug-likeness (QED) is 0.286. The second-order valence-electron chi connectivity index (χ2n) is 7.24. The van der Waals surface area contributed by atoms with Crippen molar-refractivity contribution in [1.29, 1.82) is 0 Å². The van der Waals surface area contributed by atoms with Crippen molar-refractivity contribution < 1.29 is 14.0 Å². The fourth-order valence-electron chi connectivity index (χ4n) is 3.10. The first kappa shape index (κ1) is 23.5. The lowest BCUT2D eigenvalue weighted by Gasteiger charge is -2.17. The molecule has 2 amide bonds. The number of aromatic nitrogens is 1. The van der Waals surface area contributed by atoms with Crippen molar-refractivity contribution in [1.82, 2.24) is 4.98 Å². The highest BCUT2D eigenvalue weighted by Gasteiger charge is 2.22. The lowest BCUT2D eigenvalue weighted by atomic mass is 10.1. The number of amides is 2. The second-order valence-corrected chi connectivity index (χ2v) is 8.86. The molecule has 0 saturated heterocycles. The Morgan fingerprint density at radius 1 is 0.853 bits per heavy atom. The van der Waals surface area contributed by atoms with E-state index in [1.165, 1.54) is 42.2 Å². The van der Waals surface area contributed by atoms with Crippen molar-refractivity contribution >= 4 is 46.7 Å². The molecule has 4 rings (SSSR count). The minimum Gasteiger partial charge on any atom is -0.322 e. The van der Waals surface area contributed by atoms with Gasteiger partial charge in [0.2, 0.25) is 5.91 Å². The fourth-order valence-corrected chi connectivity index (χ4v) is 4.24. The Hall–Kier alpha value is -3.68. The number of hydrogen-bond donors (Lipinski definition) is 2. The van der Waals surface area contributed by atoms with E-state index < -0.39 is 11.1 Å². The molecule has 1 unspecified atom stereocenters. The summed E-state index contributed by atoms with van der Waals surface area (Å²) < 4.78 is 13.1. The van der Waals surface area contributed by atoms with E-state index in [9.17, 15) is 14.0 Å². The minimum atomic E-state index is -0.529. The summed E-state index contributed by atoms with van der Waals surface area (Å²) in [5.41, 5.74) is 1.79. The predicted molar refractivity (Wildman–Crippen MR) is 134 cm³/mol. The molecule has 2 N–H and O–H groups in total. The normalized spacial score (nSPS) is 11.5. The molecule has 5 nitrogen and oxygen atoms in total. The Kier molecular flexibility index (Phi) is 7.57. The van der Waals surface area contributed by atoms with Crippen LogP contribution < -0.4 is 10.6 Å². The largest absolute Gasteiger partial charge is 0.322 e. The van der Waals surface area contributed by atoms with Crippen LogP contribution in [0.4, 0.5) is 15.9 Å². The molecule has 0 aliphatic rings. The zero-order chi connectivity index (χ0) is 23.9. The smallest absolute Gasteiger partial charge is 0.255 e. The Labute approximate surface area is 205 Å². The highest BCUT2D eigenvalue weighted by molar-refractivity contribution is 8.00. The molecule has 1 atom stereocenters. The van der Waals surface area contributed by atoms with E-state index >= 15 is 0 Å². The van der Waals surface area contributed by atoms with Crippen molar-refractivity contribution in [3.05, 3.63) is 119 Å². The summed E-state index contributed by atoms with van der Waals surface area (Å²) in [6.45, 7) is 0. The molecule has 8 heteroatoms. The van der Waals surface area contributed by atoms with Gasteiger partial charge in [0.05, 0.1) is 5.02 Å². The number of nitrogens with zero attached hydrogens (tertiary/aromatic N) is 1. The lowest BCUT2D eigenvalue weighted by Crippen LogP contribution is -2.19. The van der Waals surface area contributed by atoms with Crippen LogP contribution in [0.25, 0.3) is 0 Å². The summed E-state index contributed by atoms with van der Waals surface area (Å²) in [5, 5.41) is 5.57. The lowest BCUT2D eigenvalue weighted by molar-refractivity contribution is -0.115. The van der Waals surface area contributed by atoms with Crippen LogP contribution in [0.15, 0.2) is 102 Å². The number of pyridine rings is 1. The van der Waals surface area contributed by atoms with Crippen LogP contribution in [0.5, 0.6) is 0 Å². The molecule has 0 aliphatic heterocycles. The molecular formula is C26H19ClFN3O2S. The van der Waals surface area contributed by atoms with Crippen molar-refractivity contribution in [2.75, 3.05) is 10.6 Å². The monoisotopic (exact) mass is 491 g/mol. The van der Waals surface area contributed by atoms with Crippen molar-refractivity contribution in [3.63, 3.8) is 0 Å². The molecule has 4 aromatic rings. The third kappa shape index (κ3) is 6.21. The van der Waals surface area contributed by atoms with Gasteiger partial charge >= 0.3 is 0 Å². The first-order valence-corrected chi connectivity index (χ1v) is 11.5. The van der Waals surface area contributed by atoms with Gasteiger partial charge in [-0.05, 0) is 66.2 Å². The van der Waals surface area contributed by atoms with Crippen LogP contribution in [0.1, 0.15) is 21.2 Å². The summed E-state index contributed by atoms with van der Waals surface area (Å²) in [7, 11) is 0. The Morgan fingerprint density at radius 2 is 1.56 bits per heavy atom. The Balaban J connectivity index is 1.47. The molecular weight excluding hydrogens is 473 g/mol. The molecule has 170 valence electrons. The van der Waals surface area contributed by atoms with Crippen molar-refractivity contribution in [2.45, 2.75) is 10.1 Å². The van der Waals surface area contributed by atoms with E-state index in [0.717, 1.165) is 10.5 Å². The van der Waals surface area contributed by atoms with E-state index in [0.29, 0.717) is 22.1 Å². The van der Waals surface area contributed by atoms with E-state index in [2.05, 4.69) is 15.6 Å². The van der Waals surface area contributed by atoms with Gasteiger partial charge < -0.3 is 10.6 Å². The van der Waals surface area contributed by atoms with Crippen LogP contribution >= 0.6 is 23.4 Å². The molecule has 1 heterocycles. The SMILES string of the molecule is O=C(Nc1ccc(SC(C(=O)Nc2ccc(Cl)cn2)c2ccccc2)cc1)c1ccc(F)cc1. The first-order chi connectivity index (χ1) is 16.5. The fraction of sp³-hybridized carbons (Fsp3) is 0.0385. The molecule has 1 aromatic heterocycles. The van der Waals surface area contributed by atoms with Crippen LogP contribution in [0, 0.1) is 5.82 Å². The van der Waals surface area contributed by atoms with Crippen LogP contribution in [-0.4, -0.2) is 16.8 Å². The first-order valence-electron chi connectivity index (χ1n) is 10.3. The molecule has 0 bridgehead atoms. The van der Waals surface area contributed by atoms with Gasteiger partial charge in [-0.1, -0.05) is 41.9 Å². The number of nitrogens with one attached hydrogen (secondary N) is 2. The van der Waals surface area contributed by atoms with Gasteiger partial charge in [0.1, 0.15) is 16.9 Å². The maximum atomic E-state index is 13.1. The predicted octanol–water partition coefficient (Wildman–Crippen LogP) is 6.60. The zero-order valence-electron chi connectivity index (χ0n) is 17.7. The molecule has 0 saturated carbocycles. The molecule has 0 fully saturated rings. The average molecular weight is 492 g/mol. The number of halogens is 2. The van der Waals surface area contributed by atoms with Crippen LogP contribution in [0.3, 0.4) is 0 Å². The Morgan fingerprint density at radius 3 is 2.21 bits per heavy atom. The number of rotatable bonds is 7. The molecule has 0 radical (unpaired) electrons. The molecule has 0 spiro atoms. The molecule has 3 aromatic carbocycles. The van der Waals surface area contributed by atoms with Gasteiger partial charge in [-0.15, -0.1) is 11.8 Å².